The number of rotatable bonds is 6. The first-order valence-electron chi connectivity index (χ1n) is 4.71. The number of hydrogen-bond donors (Lipinski definition) is 2. The van der Waals surface area contributed by atoms with Crippen molar-refractivity contribution in [3.8, 4) is 5.75 Å². The van der Waals surface area contributed by atoms with E-state index in [9.17, 15) is 4.79 Å². The van der Waals surface area contributed by atoms with Crippen molar-refractivity contribution < 1.29 is 19.8 Å². The van der Waals surface area contributed by atoms with Crippen LogP contribution in [0.5, 0.6) is 5.75 Å². The van der Waals surface area contributed by atoms with E-state index in [-0.39, 0.29) is 42.0 Å². The van der Waals surface area contributed by atoms with Crippen LogP contribution >= 0.6 is 23.2 Å². The third-order valence-electron chi connectivity index (χ3n) is 1.86. The molecule has 1 amide bonds. The summed E-state index contributed by atoms with van der Waals surface area (Å²) < 4.78 is 5.14. The van der Waals surface area contributed by atoms with Gasteiger partial charge in [0.05, 0.1) is 23.2 Å². The van der Waals surface area contributed by atoms with Gasteiger partial charge in [-0.2, -0.15) is 0 Å². The largest absolute Gasteiger partial charge is 0.488 e. The van der Waals surface area contributed by atoms with Gasteiger partial charge in [-0.15, -0.1) is 0 Å². The molecule has 5 nitrogen and oxygen atoms in total. The van der Waals surface area contributed by atoms with Crippen molar-refractivity contribution in [2.24, 2.45) is 0 Å². The summed E-state index contributed by atoms with van der Waals surface area (Å²) in [5.74, 6) is 0.265. The average Bonchev–Trinajstić information content (AvgIpc) is 2.28. The van der Waals surface area contributed by atoms with E-state index in [4.69, 9.17) is 38.3 Å². The van der Waals surface area contributed by atoms with Crippen LogP contribution in [0.3, 0.4) is 0 Å². The molecule has 1 aromatic rings. The molecule has 94 valence electrons. The van der Waals surface area contributed by atoms with Crippen molar-refractivity contribution in [3.63, 3.8) is 0 Å². The highest BCUT2D eigenvalue weighted by molar-refractivity contribution is 6.37. The Kier molecular flexibility index (Phi) is 5.50. The van der Waals surface area contributed by atoms with Crippen molar-refractivity contribution in [3.05, 3.63) is 27.7 Å². The number of benzene rings is 1. The van der Waals surface area contributed by atoms with Gasteiger partial charge >= 0.3 is 0 Å². The molecule has 7 heteroatoms. The molecular formula is C10H11Cl2NO4. The normalized spacial score (nSPS) is 10.1. The molecule has 0 radical (unpaired) electrons. The fraction of sp³-hybridized carbons (Fsp3) is 0.300. The first-order valence-corrected chi connectivity index (χ1v) is 5.46. The van der Waals surface area contributed by atoms with E-state index in [1.165, 1.54) is 12.1 Å². The first kappa shape index (κ1) is 14.1. The Morgan fingerprint density at radius 1 is 1.35 bits per heavy atom. The maximum absolute atomic E-state index is 10.2. The molecule has 0 atom stereocenters. The minimum atomic E-state index is -0.149. The van der Waals surface area contributed by atoms with E-state index in [0.717, 1.165) is 0 Å². The van der Waals surface area contributed by atoms with Crippen LogP contribution in [-0.4, -0.2) is 35.0 Å². The second-order valence-corrected chi connectivity index (χ2v) is 3.98. The van der Waals surface area contributed by atoms with Crippen LogP contribution in [0.1, 0.15) is 5.56 Å². The van der Waals surface area contributed by atoms with Crippen LogP contribution in [0.15, 0.2) is 12.1 Å². The minimum absolute atomic E-state index is 0.0246. The molecule has 0 saturated heterocycles. The Morgan fingerprint density at radius 3 is 2.41 bits per heavy atom. The van der Waals surface area contributed by atoms with Crippen molar-refractivity contribution in [1.82, 2.24) is 5.06 Å². The molecule has 0 bridgehead atoms. The lowest BCUT2D eigenvalue weighted by molar-refractivity contribution is -0.152. The number of aliphatic hydroxyl groups is 1. The number of hydrogen-bond acceptors (Lipinski definition) is 4. The SMILES string of the molecule is O=CN(O)Cc1cc(Cl)c(OCCO)c(Cl)c1. The summed E-state index contributed by atoms with van der Waals surface area (Å²) in [6.45, 7) is -0.0908. The van der Waals surface area contributed by atoms with Gasteiger partial charge in [0.25, 0.3) is 0 Å². The highest BCUT2D eigenvalue weighted by Gasteiger charge is 2.10. The van der Waals surface area contributed by atoms with Crippen LogP contribution in [0.4, 0.5) is 0 Å². The quantitative estimate of drug-likeness (QED) is 0.473. The topological polar surface area (TPSA) is 70.0 Å². The van der Waals surface area contributed by atoms with Gasteiger partial charge in [0.1, 0.15) is 6.61 Å². The lowest BCUT2D eigenvalue weighted by atomic mass is 10.2. The second kappa shape index (κ2) is 6.66. The summed E-state index contributed by atoms with van der Waals surface area (Å²) in [5.41, 5.74) is 0.561. The van der Waals surface area contributed by atoms with Crippen LogP contribution in [0.2, 0.25) is 10.0 Å². The molecule has 2 N–H and O–H groups in total. The smallest absolute Gasteiger partial charge is 0.233 e. The van der Waals surface area contributed by atoms with Gasteiger partial charge < -0.3 is 9.84 Å². The molecule has 0 heterocycles. The maximum Gasteiger partial charge on any atom is 0.233 e. The van der Waals surface area contributed by atoms with Gasteiger partial charge in [0.2, 0.25) is 6.41 Å². The first-order chi connectivity index (χ1) is 8.08. The molecule has 0 fully saturated rings. The summed E-state index contributed by atoms with van der Waals surface area (Å²) in [7, 11) is 0. The summed E-state index contributed by atoms with van der Waals surface area (Å²) in [6.07, 6.45) is 0.276. The third kappa shape index (κ3) is 4.05. The van der Waals surface area contributed by atoms with Crippen LogP contribution < -0.4 is 4.74 Å². The molecule has 0 aromatic heterocycles. The molecule has 0 aliphatic heterocycles. The maximum atomic E-state index is 10.2. The number of carbonyl (C=O) groups is 1. The van der Waals surface area contributed by atoms with Crippen molar-refractivity contribution in [2.45, 2.75) is 6.54 Å². The van der Waals surface area contributed by atoms with E-state index in [2.05, 4.69) is 0 Å². The van der Waals surface area contributed by atoms with Crippen LogP contribution in [0.25, 0.3) is 0 Å². The van der Waals surface area contributed by atoms with Gasteiger partial charge in [-0.05, 0) is 17.7 Å². The monoisotopic (exact) mass is 279 g/mol. The van der Waals surface area contributed by atoms with Crippen molar-refractivity contribution in [2.75, 3.05) is 13.2 Å². The summed E-state index contributed by atoms with van der Waals surface area (Å²) >= 11 is 11.8. The summed E-state index contributed by atoms with van der Waals surface area (Å²) in [5, 5.41) is 18.6. The molecule has 1 aromatic carbocycles. The molecule has 0 aliphatic carbocycles. The molecule has 0 spiro atoms. The third-order valence-corrected chi connectivity index (χ3v) is 2.42. The lowest BCUT2D eigenvalue weighted by Crippen LogP contribution is -2.15. The zero-order chi connectivity index (χ0) is 12.8. The summed E-state index contributed by atoms with van der Waals surface area (Å²) in [6, 6.07) is 3.04. The van der Waals surface area contributed by atoms with Crippen molar-refractivity contribution in [1.29, 1.82) is 0 Å². The second-order valence-electron chi connectivity index (χ2n) is 3.16. The predicted octanol–water partition coefficient (Wildman–Crippen LogP) is 1.71. The highest BCUT2D eigenvalue weighted by Crippen LogP contribution is 2.34. The van der Waals surface area contributed by atoms with E-state index in [1.54, 1.807) is 0 Å². The van der Waals surface area contributed by atoms with E-state index in [0.29, 0.717) is 10.6 Å². The van der Waals surface area contributed by atoms with E-state index >= 15 is 0 Å². The number of halogens is 2. The Hall–Kier alpha value is -1.01. The number of ether oxygens (including phenoxy) is 1. The molecular weight excluding hydrogens is 269 g/mol. The number of aliphatic hydroxyl groups excluding tert-OH is 1. The van der Waals surface area contributed by atoms with Gasteiger partial charge in [0, 0.05) is 0 Å². The summed E-state index contributed by atoms with van der Waals surface area (Å²) in [4.78, 5) is 10.2. The van der Waals surface area contributed by atoms with Crippen molar-refractivity contribution >= 4 is 29.6 Å². The van der Waals surface area contributed by atoms with Gasteiger partial charge in [-0.1, -0.05) is 23.2 Å². The Bertz CT molecular complexity index is 377. The van der Waals surface area contributed by atoms with Crippen LogP contribution in [-0.2, 0) is 11.3 Å². The molecule has 0 saturated carbocycles. The lowest BCUT2D eigenvalue weighted by Gasteiger charge is -2.13. The molecule has 1 rings (SSSR count). The fourth-order valence-corrected chi connectivity index (χ4v) is 1.85. The molecule has 0 unspecified atom stereocenters. The van der Waals surface area contributed by atoms with Gasteiger partial charge in [-0.25, -0.2) is 5.06 Å². The zero-order valence-electron chi connectivity index (χ0n) is 8.77. The number of carbonyl (C=O) groups excluding carboxylic acids is 1. The molecule has 17 heavy (non-hydrogen) atoms. The number of nitrogens with zero attached hydrogens (tertiary/aromatic N) is 1. The Balaban J connectivity index is 2.88. The van der Waals surface area contributed by atoms with Gasteiger partial charge in [-0.3, -0.25) is 10.0 Å². The predicted molar refractivity (Wildman–Crippen MR) is 62.4 cm³/mol. The average molecular weight is 280 g/mol. The zero-order valence-corrected chi connectivity index (χ0v) is 10.3. The minimum Gasteiger partial charge on any atom is -0.488 e. The molecule has 0 aliphatic rings. The highest BCUT2D eigenvalue weighted by atomic mass is 35.5. The number of hydroxylamine groups is 2. The van der Waals surface area contributed by atoms with E-state index in [1.807, 2.05) is 0 Å². The Labute approximate surface area is 108 Å². The Morgan fingerprint density at radius 2 is 1.94 bits per heavy atom. The fourth-order valence-electron chi connectivity index (χ4n) is 1.21. The van der Waals surface area contributed by atoms with Gasteiger partial charge in [0.15, 0.2) is 5.75 Å². The standard InChI is InChI=1S/C10H11Cl2NO4/c11-8-3-7(5-13(16)6-15)4-9(12)10(8)17-2-1-14/h3-4,6,14,16H,1-2,5H2. The van der Waals surface area contributed by atoms with E-state index < -0.39 is 0 Å². The number of amides is 1. The van der Waals surface area contributed by atoms with Crippen LogP contribution in [0, 0.1) is 0 Å².